The Morgan fingerprint density at radius 2 is 1.80 bits per heavy atom. The largest absolute Gasteiger partial charge is 0.748 e. The Balaban J connectivity index is 0.000000441. The molecule has 0 saturated carbocycles. The molecule has 0 unspecified atom stereocenters. The maximum atomic E-state index is 10.3. The highest BCUT2D eigenvalue weighted by molar-refractivity contribution is 7.85. The molecule has 1 aliphatic rings. The number of ether oxygens (including phenoxy) is 1. The van der Waals surface area contributed by atoms with Crippen LogP contribution in [0.25, 0.3) is 0 Å². The zero-order valence-corrected chi connectivity index (χ0v) is 13.6. The van der Waals surface area contributed by atoms with Gasteiger partial charge in [-0.3, -0.25) is 4.90 Å². The fraction of sp³-hybridized carbons (Fsp3) is 1.00. The van der Waals surface area contributed by atoms with Gasteiger partial charge in [0.25, 0.3) is 0 Å². The van der Waals surface area contributed by atoms with Crippen molar-refractivity contribution >= 4 is 10.1 Å². The van der Waals surface area contributed by atoms with Crippen molar-refractivity contribution in [1.82, 2.24) is 4.90 Å². The van der Waals surface area contributed by atoms with Crippen LogP contribution < -0.4 is 0 Å². The van der Waals surface area contributed by atoms with E-state index in [1.165, 1.54) is 0 Å². The molecule has 122 valence electrons. The third-order valence-electron chi connectivity index (χ3n) is 2.74. The van der Waals surface area contributed by atoms with Gasteiger partial charge in [-0.2, -0.15) is 0 Å². The molecule has 0 spiro atoms. The average molecular weight is 312 g/mol. The molecule has 7 nitrogen and oxygen atoms in total. The lowest BCUT2D eigenvalue weighted by atomic mass is 10.4. The minimum atomic E-state index is -4.03. The first-order valence-corrected chi connectivity index (χ1v) is 8.37. The maximum absolute atomic E-state index is 10.3. The number of nitrogens with zero attached hydrogens (tertiary/aromatic N) is 2. The monoisotopic (exact) mass is 312 g/mol. The highest BCUT2D eigenvalue weighted by atomic mass is 32.2. The van der Waals surface area contributed by atoms with E-state index in [0.29, 0.717) is 26.2 Å². The number of aliphatic hydroxyl groups is 1. The average Bonchev–Trinajstić information content (AvgIpc) is 2.28. The zero-order valence-electron chi connectivity index (χ0n) is 12.7. The number of likely N-dealkylation sites (N-methyl/N-ethyl adjacent to an activating group) is 1. The molecule has 0 aromatic heterocycles. The molecule has 0 radical (unpaired) electrons. The predicted octanol–water partition coefficient (Wildman–Crippen LogP) is -1.06. The lowest BCUT2D eigenvalue weighted by Gasteiger charge is -2.26. The number of hydrogen-bond donors (Lipinski definition) is 1. The first-order valence-electron chi connectivity index (χ1n) is 6.79. The Morgan fingerprint density at radius 3 is 2.15 bits per heavy atom. The Morgan fingerprint density at radius 1 is 1.25 bits per heavy atom. The van der Waals surface area contributed by atoms with E-state index in [9.17, 15) is 13.0 Å². The Labute approximate surface area is 122 Å². The van der Waals surface area contributed by atoms with Gasteiger partial charge in [-0.1, -0.05) is 0 Å². The van der Waals surface area contributed by atoms with Gasteiger partial charge in [0.2, 0.25) is 0 Å². The number of quaternary nitrogens is 1. The third kappa shape index (κ3) is 14.2. The van der Waals surface area contributed by atoms with E-state index in [4.69, 9.17) is 9.84 Å². The van der Waals surface area contributed by atoms with Gasteiger partial charge in [0.1, 0.15) is 6.54 Å². The van der Waals surface area contributed by atoms with Crippen LogP contribution in [-0.4, -0.2) is 100 Å². The molecule has 1 aliphatic heterocycles. The second kappa shape index (κ2) is 9.64. The van der Waals surface area contributed by atoms with E-state index in [-0.39, 0.29) is 12.4 Å². The van der Waals surface area contributed by atoms with Gasteiger partial charge < -0.3 is 18.9 Å². The van der Waals surface area contributed by atoms with Crippen molar-refractivity contribution in [1.29, 1.82) is 0 Å². The standard InChI is InChI=1S/C7H15NO4S.C5H14NO/c9-13(10,11)7-1-2-8-3-5-12-6-4-8;1-6(2,3)4-5-7/h1-7H2,(H,9,10,11);7H,4-5H2,1-3H3/q;+1/p-1. The molecule has 0 amide bonds. The quantitative estimate of drug-likeness (QED) is 0.497. The van der Waals surface area contributed by atoms with Gasteiger partial charge >= 0.3 is 0 Å². The van der Waals surface area contributed by atoms with Crippen LogP contribution >= 0.6 is 0 Å². The number of rotatable bonds is 6. The smallest absolute Gasteiger partial charge is 0.101 e. The van der Waals surface area contributed by atoms with Crippen molar-refractivity contribution < 1.29 is 27.3 Å². The molecule has 0 bridgehead atoms. The predicted molar refractivity (Wildman–Crippen MR) is 76.4 cm³/mol. The topological polar surface area (TPSA) is 89.9 Å². The minimum Gasteiger partial charge on any atom is -0.748 e. The molecular weight excluding hydrogens is 284 g/mol. The summed E-state index contributed by atoms with van der Waals surface area (Å²) in [4.78, 5) is 2.11. The van der Waals surface area contributed by atoms with Crippen molar-refractivity contribution in [3.8, 4) is 0 Å². The van der Waals surface area contributed by atoms with Crippen LogP contribution in [-0.2, 0) is 14.9 Å². The summed E-state index contributed by atoms with van der Waals surface area (Å²) in [6.45, 7) is 4.85. The Kier molecular flexibility index (Phi) is 9.52. The van der Waals surface area contributed by atoms with Crippen LogP contribution in [0.2, 0.25) is 0 Å². The van der Waals surface area contributed by atoms with Crippen molar-refractivity contribution in [2.45, 2.75) is 6.42 Å². The van der Waals surface area contributed by atoms with Crippen LogP contribution in [0.3, 0.4) is 0 Å². The summed E-state index contributed by atoms with van der Waals surface area (Å²) < 4.78 is 36.8. The van der Waals surface area contributed by atoms with Crippen LogP contribution in [0.4, 0.5) is 0 Å². The highest BCUT2D eigenvalue weighted by Gasteiger charge is 2.09. The summed E-state index contributed by atoms with van der Waals surface area (Å²) >= 11 is 0. The normalized spacial score (nSPS) is 17.4. The number of hydrogen-bond acceptors (Lipinski definition) is 6. The third-order valence-corrected chi connectivity index (χ3v) is 3.53. The summed E-state index contributed by atoms with van der Waals surface area (Å²) in [6.07, 6.45) is 0.422. The SMILES string of the molecule is C[N+](C)(C)CCO.O=S(=O)([O-])CCCN1CCOCC1. The lowest BCUT2D eigenvalue weighted by Crippen LogP contribution is -2.37. The molecule has 8 heteroatoms. The lowest BCUT2D eigenvalue weighted by molar-refractivity contribution is -0.870. The van der Waals surface area contributed by atoms with Crippen molar-refractivity contribution in [3.63, 3.8) is 0 Å². The van der Waals surface area contributed by atoms with Gasteiger partial charge in [0, 0.05) is 18.8 Å². The van der Waals surface area contributed by atoms with E-state index in [0.717, 1.165) is 24.1 Å². The van der Waals surface area contributed by atoms with Crippen LogP contribution in [0.5, 0.6) is 0 Å². The summed E-state index contributed by atoms with van der Waals surface area (Å²) in [5, 5.41) is 8.39. The first-order chi connectivity index (χ1) is 9.14. The van der Waals surface area contributed by atoms with Crippen molar-refractivity contribution in [2.75, 3.05) is 72.9 Å². The van der Waals surface area contributed by atoms with Crippen LogP contribution in [0.1, 0.15) is 6.42 Å². The van der Waals surface area contributed by atoms with Crippen LogP contribution in [0.15, 0.2) is 0 Å². The second-order valence-corrected chi connectivity index (χ2v) is 7.33. The van der Waals surface area contributed by atoms with Gasteiger partial charge in [0.05, 0.1) is 51.1 Å². The summed E-state index contributed by atoms with van der Waals surface area (Å²) in [7, 11) is 2.12. The molecule has 1 rings (SSSR count). The molecule has 0 aliphatic carbocycles. The van der Waals surface area contributed by atoms with Gasteiger partial charge in [-0.15, -0.1) is 0 Å². The molecule has 0 atom stereocenters. The van der Waals surface area contributed by atoms with E-state index < -0.39 is 10.1 Å². The van der Waals surface area contributed by atoms with Gasteiger partial charge in [-0.05, 0) is 13.0 Å². The highest BCUT2D eigenvalue weighted by Crippen LogP contribution is 1.99. The van der Waals surface area contributed by atoms with E-state index in [1.54, 1.807) is 0 Å². The van der Waals surface area contributed by atoms with Crippen LogP contribution in [0, 0.1) is 0 Å². The van der Waals surface area contributed by atoms with Gasteiger partial charge in [-0.25, -0.2) is 8.42 Å². The molecule has 20 heavy (non-hydrogen) atoms. The summed E-state index contributed by atoms with van der Waals surface area (Å²) in [5.41, 5.74) is 0. The number of aliphatic hydroxyl groups excluding tert-OH is 1. The van der Waals surface area contributed by atoms with E-state index in [2.05, 4.69) is 26.0 Å². The Hall–Kier alpha value is -0.250. The zero-order chi connectivity index (χ0) is 15.6. The Bertz CT molecular complexity index is 334. The van der Waals surface area contributed by atoms with Gasteiger partial charge in [0.15, 0.2) is 0 Å². The van der Waals surface area contributed by atoms with E-state index in [1.807, 2.05) is 0 Å². The molecule has 1 saturated heterocycles. The fourth-order valence-electron chi connectivity index (χ4n) is 1.59. The molecular formula is C12H28N2O5S. The maximum Gasteiger partial charge on any atom is 0.101 e. The number of morpholine rings is 1. The molecule has 0 aromatic carbocycles. The van der Waals surface area contributed by atoms with E-state index >= 15 is 0 Å². The minimum absolute atomic E-state index is 0.260. The van der Waals surface area contributed by atoms with Crippen molar-refractivity contribution in [2.24, 2.45) is 0 Å². The second-order valence-electron chi connectivity index (χ2n) is 5.81. The summed E-state index contributed by atoms with van der Waals surface area (Å²) in [5.74, 6) is -0.260. The molecule has 0 aromatic rings. The van der Waals surface area contributed by atoms with Crippen molar-refractivity contribution in [3.05, 3.63) is 0 Å². The molecule has 1 heterocycles. The first kappa shape index (κ1) is 19.8. The molecule has 1 N–H and O–H groups in total. The molecule has 1 fully saturated rings. The summed E-state index contributed by atoms with van der Waals surface area (Å²) in [6, 6.07) is 0. The fourth-order valence-corrected chi connectivity index (χ4v) is 2.07.